The van der Waals surface area contributed by atoms with Crippen molar-refractivity contribution < 1.29 is 19.4 Å². The molecule has 1 amide bonds. The number of aromatic nitrogens is 1. The number of Topliss-reactive ketones (excluding diaryl/α,β-unsaturated/α-hetero) is 1. The molecule has 5 rings (SSSR count). The fraction of sp³-hybridized carbons (Fsp3) is 0.125. The Kier molecular flexibility index (Phi) is 4.71. The Bertz CT molecular complexity index is 1240. The maximum absolute atomic E-state index is 13.1. The lowest BCUT2D eigenvalue weighted by Gasteiger charge is -2.25. The highest BCUT2D eigenvalue weighted by Crippen LogP contribution is 2.42. The Morgan fingerprint density at radius 2 is 1.90 bits per heavy atom. The maximum Gasteiger partial charge on any atom is 0.300 e. The van der Waals surface area contributed by atoms with Gasteiger partial charge < -0.3 is 9.84 Å². The van der Waals surface area contributed by atoms with Crippen LogP contribution in [-0.4, -0.2) is 28.4 Å². The van der Waals surface area contributed by atoms with Gasteiger partial charge in [0.1, 0.15) is 11.5 Å². The van der Waals surface area contributed by atoms with Crippen LogP contribution in [0.2, 0.25) is 5.02 Å². The number of ketones is 1. The van der Waals surface area contributed by atoms with E-state index in [2.05, 4.69) is 4.98 Å². The first-order valence-corrected chi connectivity index (χ1v) is 10.1. The van der Waals surface area contributed by atoms with Gasteiger partial charge in [0.15, 0.2) is 0 Å². The lowest BCUT2D eigenvalue weighted by atomic mass is 9.95. The van der Waals surface area contributed by atoms with E-state index in [1.54, 1.807) is 67.0 Å². The van der Waals surface area contributed by atoms with Crippen molar-refractivity contribution in [2.75, 3.05) is 11.5 Å². The molecule has 1 atom stereocenters. The highest BCUT2D eigenvalue weighted by molar-refractivity contribution is 6.51. The number of ether oxygens (including phenoxy) is 1. The van der Waals surface area contributed by atoms with E-state index in [-0.39, 0.29) is 11.3 Å². The van der Waals surface area contributed by atoms with Crippen LogP contribution in [0, 0.1) is 0 Å². The van der Waals surface area contributed by atoms with E-state index < -0.39 is 17.7 Å². The number of anilines is 1. The summed E-state index contributed by atoms with van der Waals surface area (Å²) >= 11 is 6.14. The van der Waals surface area contributed by atoms with Crippen molar-refractivity contribution >= 4 is 34.7 Å². The molecule has 3 aromatic rings. The predicted octanol–water partition coefficient (Wildman–Crippen LogP) is 4.30. The Labute approximate surface area is 183 Å². The van der Waals surface area contributed by atoms with Crippen molar-refractivity contribution in [3.8, 4) is 5.75 Å². The zero-order valence-corrected chi connectivity index (χ0v) is 17.0. The van der Waals surface area contributed by atoms with Crippen LogP contribution in [0.4, 0.5) is 5.69 Å². The second-order valence-electron chi connectivity index (χ2n) is 7.35. The molecule has 6 nitrogen and oxygen atoms in total. The first-order chi connectivity index (χ1) is 15.0. The van der Waals surface area contributed by atoms with Crippen molar-refractivity contribution in [1.82, 2.24) is 4.98 Å². The minimum absolute atomic E-state index is 0.0232. The zero-order chi connectivity index (χ0) is 21.5. The maximum atomic E-state index is 13.1. The number of benzene rings is 2. The van der Waals surface area contributed by atoms with Gasteiger partial charge in [-0.1, -0.05) is 17.7 Å². The molecule has 0 saturated carbocycles. The van der Waals surface area contributed by atoms with Crippen LogP contribution in [0.25, 0.3) is 5.76 Å². The molecule has 0 spiro atoms. The summed E-state index contributed by atoms with van der Waals surface area (Å²) < 4.78 is 5.53. The summed E-state index contributed by atoms with van der Waals surface area (Å²) in [6.07, 6.45) is 3.89. The number of aliphatic hydroxyl groups excluding tert-OH is 1. The number of pyridine rings is 1. The number of carbonyl (C=O) groups is 2. The number of nitrogens with zero attached hydrogens (tertiary/aromatic N) is 2. The van der Waals surface area contributed by atoms with E-state index in [1.807, 2.05) is 0 Å². The number of carbonyl (C=O) groups excluding carboxylic acids is 2. The number of hydrogen-bond acceptors (Lipinski definition) is 5. The quantitative estimate of drug-likeness (QED) is 0.379. The van der Waals surface area contributed by atoms with Gasteiger partial charge in [0.05, 0.1) is 18.2 Å². The van der Waals surface area contributed by atoms with Crippen molar-refractivity contribution in [3.05, 3.63) is 94.3 Å². The fourth-order valence-corrected chi connectivity index (χ4v) is 4.26. The smallest absolute Gasteiger partial charge is 0.300 e. The number of hydrogen-bond donors (Lipinski definition) is 1. The van der Waals surface area contributed by atoms with Gasteiger partial charge in [0.2, 0.25) is 0 Å². The van der Waals surface area contributed by atoms with Gasteiger partial charge in [-0.3, -0.25) is 19.5 Å². The first-order valence-electron chi connectivity index (χ1n) is 9.77. The molecule has 1 fully saturated rings. The third kappa shape index (κ3) is 3.25. The molecule has 3 heterocycles. The number of aliphatic hydroxyl groups is 1. The summed E-state index contributed by atoms with van der Waals surface area (Å²) in [6, 6.07) is 14.6. The Hall–Kier alpha value is -3.64. The molecule has 0 radical (unpaired) electrons. The molecule has 1 aromatic heterocycles. The minimum Gasteiger partial charge on any atom is -0.507 e. The molecule has 2 aliphatic heterocycles. The van der Waals surface area contributed by atoms with Gasteiger partial charge in [-0.05, 0) is 59.7 Å². The van der Waals surface area contributed by atoms with Gasteiger partial charge in [-0.2, -0.15) is 0 Å². The van der Waals surface area contributed by atoms with Crippen LogP contribution in [0.15, 0.2) is 72.6 Å². The normalized spacial score (nSPS) is 19.4. The number of halogens is 1. The molecule has 0 bridgehead atoms. The van der Waals surface area contributed by atoms with Crippen molar-refractivity contribution in [2.24, 2.45) is 0 Å². The van der Waals surface area contributed by atoms with E-state index >= 15 is 0 Å². The van der Waals surface area contributed by atoms with Crippen molar-refractivity contribution in [2.45, 2.75) is 12.5 Å². The van der Waals surface area contributed by atoms with Crippen LogP contribution in [0.1, 0.15) is 22.7 Å². The average Bonchev–Trinajstić information content (AvgIpc) is 3.36. The lowest BCUT2D eigenvalue weighted by Crippen LogP contribution is -2.29. The van der Waals surface area contributed by atoms with Gasteiger partial charge in [0, 0.05) is 35.1 Å². The third-order valence-corrected chi connectivity index (χ3v) is 5.75. The summed E-state index contributed by atoms with van der Waals surface area (Å²) in [5, 5.41) is 11.6. The highest BCUT2D eigenvalue weighted by atomic mass is 35.5. The molecule has 1 N–H and O–H groups in total. The second kappa shape index (κ2) is 7.56. The highest BCUT2D eigenvalue weighted by Gasteiger charge is 2.47. The van der Waals surface area contributed by atoms with Gasteiger partial charge in [-0.25, -0.2) is 0 Å². The number of amides is 1. The summed E-state index contributed by atoms with van der Waals surface area (Å²) in [5.41, 5.74) is 2.56. The monoisotopic (exact) mass is 432 g/mol. The molecule has 2 aliphatic rings. The fourth-order valence-electron chi connectivity index (χ4n) is 4.08. The van der Waals surface area contributed by atoms with Gasteiger partial charge in [-0.15, -0.1) is 0 Å². The molecule has 31 heavy (non-hydrogen) atoms. The van der Waals surface area contributed by atoms with Crippen LogP contribution >= 0.6 is 11.6 Å². The Balaban J connectivity index is 1.70. The Morgan fingerprint density at radius 1 is 1.10 bits per heavy atom. The first kappa shape index (κ1) is 19.3. The van der Waals surface area contributed by atoms with Crippen LogP contribution < -0.4 is 9.64 Å². The van der Waals surface area contributed by atoms with Gasteiger partial charge in [0.25, 0.3) is 11.7 Å². The van der Waals surface area contributed by atoms with E-state index in [0.717, 1.165) is 17.7 Å². The number of fused-ring (bicyclic) bond motifs is 1. The van der Waals surface area contributed by atoms with E-state index in [1.165, 1.54) is 4.90 Å². The summed E-state index contributed by atoms with van der Waals surface area (Å²) in [5.74, 6) is -0.938. The molecule has 154 valence electrons. The third-order valence-electron chi connectivity index (χ3n) is 5.52. The predicted molar refractivity (Wildman–Crippen MR) is 116 cm³/mol. The van der Waals surface area contributed by atoms with Crippen LogP contribution in [-0.2, 0) is 16.0 Å². The minimum atomic E-state index is -0.814. The molecule has 1 unspecified atom stereocenters. The second-order valence-corrected chi connectivity index (χ2v) is 7.79. The lowest BCUT2D eigenvalue weighted by molar-refractivity contribution is -0.132. The van der Waals surface area contributed by atoms with Crippen LogP contribution in [0.5, 0.6) is 5.75 Å². The van der Waals surface area contributed by atoms with E-state index in [0.29, 0.717) is 28.4 Å². The van der Waals surface area contributed by atoms with Crippen molar-refractivity contribution in [3.63, 3.8) is 0 Å². The molecule has 1 saturated heterocycles. The summed E-state index contributed by atoms with van der Waals surface area (Å²) in [4.78, 5) is 31.6. The zero-order valence-electron chi connectivity index (χ0n) is 16.3. The largest absolute Gasteiger partial charge is 0.507 e. The van der Waals surface area contributed by atoms with E-state index in [4.69, 9.17) is 16.3 Å². The van der Waals surface area contributed by atoms with Crippen LogP contribution in [0.3, 0.4) is 0 Å². The standard InChI is InChI=1S/C24H17ClN2O4/c25-17-2-1-3-18(13-17)27-21(14-6-9-26-10-7-14)20(23(29)24(27)30)22(28)16-4-5-19-15(12-16)8-11-31-19/h1-7,9-10,12-13,21,28H,8,11H2/b22-20-. The van der Waals surface area contributed by atoms with Crippen molar-refractivity contribution in [1.29, 1.82) is 0 Å². The molecular weight excluding hydrogens is 416 g/mol. The summed E-state index contributed by atoms with van der Waals surface area (Å²) in [6.45, 7) is 0.579. The summed E-state index contributed by atoms with van der Waals surface area (Å²) in [7, 11) is 0. The Morgan fingerprint density at radius 3 is 2.68 bits per heavy atom. The van der Waals surface area contributed by atoms with Gasteiger partial charge >= 0.3 is 0 Å². The molecule has 7 heteroatoms. The molecule has 0 aliphatic carbocycles. The number of rotatable bonds is 3. The average molecular weight is 433 g/mol. The molecular formula is C24H17ClN2O4. The topological polar surface area (TPSA) is 79.7 Å². The van der Waals surface area contributed by atoms with E-state index in [9.17, 15) is 14.7 Å². The SMILES string of the molecule is O=C1C(=O)N(c2cccc(Cl)c2)C(c2ccncc2)/C1=C(/O)c1ccc2c(c1)CCO2. The molecule has 2 aromatic carbocycles.